The summed E-state index contributed by atoms with van der Waals surface area (Å²) in [6.45, 7) is 3.94. The summed E-state index contributed by atoms with van der Waals surface area (Å²) in [6.07, 6.45) is 9.39. The second-order valence-electron chi connectivity index (χ2n) is 8.13. The number of fused-ring (bicyclic) bond motifs is 2. The van der Waals surface area contributed by atoms with Gasteiger partial charge in [0.05, 0.1) is 11.0 Å². The molecule has 1 amide bonds. The Bertz CT molecular complexity index is 1240. The third-order valence-electron chi connectivity index (χ3n) is 5.70. The number of hydrogen-bond acceptors (Lipinski definition) is 6. The van der Waals surface area contributed by atoms with Gasteiger partial charge >= 0.3 is 0 Å². The number of amides is 1. The number of aromatic amines is 1. The molecule has 5 rings (SSSR count). The molecule has 8 heteroatoms. The van der Waals surface area contributed by atoms with Crippen molar-refractivity contribution in [3.05, 3.63) is 43.0 Å². The van der Waals surface area contributed by atoms with Crippen LogP contribution in [0.2, 0.25) is 0 Å². The van der Waals surface area contributed by atoms with Crippen molar-refractivity contribution < 1.29 is 4.79 Å². The monoisotopic (exact) mass is 401 g/mol. The maximum atomic E-state index is 11.7. The molecule has 1 saturated carbocycles. The van der Waals surface area contributed by atoms with Gasteiger partial charge in [0.25, 0.3) is 0 Å². The van der Waals surface area contributed by atoms with Crippen LogP contribution in [-0.2, 0) is 4.79 Å². The summed E-state index contributed by atoms with van der Waals surface area (Å²) in [7, 11) is 0. The van der Waals surface area contributed by atoms with Crippen LogP contribution in [-0.4, -0.2) is 42.4 Å². The average Bonchev–Trinajstić information content (AvgIpc) is 3.15. The number of anilines is 1. The van der Waals surface area contributed by atoms with Crippen molar-refractivity contribution in [2.24, 2.45) is 0 Å². The van der Waals surface area contributed by atoms with Gasteiger partial charge in [-0.15, -0.1) is 0 Å². The molecule has 0 radical (unpaired) electrons. The second-order valence-corrected chi connectivity index (χ2v) is 8.13. The zero-order chi connectivity index (χ0) is 20.7. The molecular weight excluding hydrogens is 378 g/mol. The van der Waals surface area contributed by atoms with E-state index in [-0.39, 0.29) is 17.5 Å². The molecule has 0 spiro atoms. The van der Waals surface area contributed by atoms with E-state index in [2.05, 4.69) is 42.5 Å². The number of H-pyrrole nitrogens is 1. The number of aromatic nitrogens is 5. The molecule has 1 aromatic carbocycles. The lowest BCUT2D eigenvalue weighted by molar-refractivity contribution is -0.123. The third kappa shape index (κ3) is 3.34. The Morgan fingerprint density at radius 1 is 1.20 bits per heavy atom. The van der Waals surface area contributed by atoms with Gasteiger partial charge in [0.1, 0.15) is 5.65 Å². The smallest absolute Gasteiger partial charge is 0.224 e. The molecule has 30 heavy (non-hydrogen) atoms. The summed E-state index contributed by atoms with van der Waals surface area (Å²) in [5.74, 6) is 0.682. The summed E-state index contributed by atoms with van der Waals surface area (Å²) in [5, 5.41) is 7.42. The highest BCUT2D eigenvalue weighted by atomic mass is 16.1. The lowest BCUT2D eigenvalue weighted by Gasteiger charge is -2.45. The van der Waals surface area contributed by atoms with E-state index in [4.69, 9.17) is 0 Å². The van der Waals surface area contributed by atoms with E-state index < -0.39 is 0 Å². The molecule has 0 bridgehead atoms. The Kier molecular flexibility index (Phi) is 4.34. The first-order valence-electron chi connectivity index (χ1n) is 10.2. The fraction of sp³-hybridized carbons (Fsp3) is 0.318. The van der Waals surface area contributed by atoms with Crippen LogP contribution >= 0.6 is 0 Å². The molecular formula is C22H23N7O. The quantitative estimate of drug-likeness (QED) is 0.473. The molecule has 1 aliphatic carbocycles. The van der Waals surface area contributed by atoms with Gasteiger partial charge in [0, 0.05) is 53.7 Å². The maximum absolute atomic E-state index is 11.7. The van der Waals surface area contributed by atoms with Crippen LogP contribution in [0.25, 0.3) is 33.2 Å². The molecule has 8 nitrogen and oxygen atoms in total. The molecule has 0 saturated heterocycles. The molecule has 4 aromatic rings. The van der Waals surface area contributed by atoms with Gasteiger partial charge in [-0.25, -0.2) is 4.98 Å². The number of hydrogen-bond donors (Lipinski definition) is 3. The minimum atomic E-state index is -0.145. The second kappa shape index (κ2) is 7.05. The highest BCUT2D eigenvalue weighted by molar-refractivity contribution is 5.95. The molecule has 3 aromatic heterocycles. The fourth-order valence-electron chi connectivity index (χ4n) is 4.19. The van der Waals surface area contributed by atoms with Crippen LogP contribution in [0.4, 0.5) is 5.95 Å². The van der Waals surface area contributed by atoms with E-state index >= 15 is 0 Å². The van der Waals surface area contributed by atoms with Gasteiger partial charge in [0.2, 0.25) is 11.9 Å². The fourth-order valence-corrected chi connectivity index (χ4v) is 4.19. The number of benzene rings is 1. The van der Waals surface area contributed by atoms with E-state index in [0.29, 0.717) is 12.4 Å². The molecule has 0 unspecified atom stereocenters. The predicted octanol–water partition coefficient (Wildman–Crippen LogP) is 3.43. The Morgan fingerprint density at radius 3 is 2.80 bits per heavy atom. The molecule has 3 N–H and O–H groups in total. The standard InChI is InChI=1S/C22H23N7O/c1-3-19(30)29-22(2)9-14(10-22)27-21-26-12-16-15(11-25-20(16)28-21)13-4-5-17-18(8-13)24-7-6-23-17/h4-8,11-12,14H,3,9-10H2,1-2H3,(H,29,30)(H2,25,26,27,28)/t14-,22+. The Labute approximate surface area is 173 Å². The summed E-state index contributed by atoms with van der Waals surface area (Å²) >= 11 is 0. The lowest BCUT2D eigenvalue weighted by atomic mass is 9.74. The van der Waals surface area contributed by atoms with Gasteiger partial charge in [-0.3, -0.25) is 14.8 Å². The SMILES string of the molecule is CCC(=O)N[C@]1(C)C[C@H](Nc2ncc3c(-c4ccc5nccnc5c4)c[nH]c3n2)C1. The highest BCUT2D eigenvalue weighted by Gasteiger charge is 2.41. The Balaban J connectivity index is 1.34. The summed E-state index contributed by atoms with van der Waals surface area (Å²) in [5.41, 5.74) is 4.43. The van der Waals surface area contributed by atoms with Crippen molar-refractivity contribution in [3.8, 4) is 11.1 Å². The van der Waals surface area contributed by atoms with Crippen molar-refractivity contribution >= 4 is 33.9 Å². The minimum absolute atomic E-state index is 0.0900. The molecule has 3 heterocycles. The maximum Gasteiger partial charge on any atom is 0.224 e. The van der Waals surface area contributed by atoms with Crippen LogP contribution in [0.1, 0.15) is 33.1 Å². The Hall–Kier alpha value is -3.55. The predicted molar refractivity (Wildman–Crippen MR) is 116 cm³/mol. The first-order chi connectivity index (χ1) is 14.5. The molecule has 1 aliphatic rings. The van der Waals surface area contributed by atoms with Gasteiger partial charge in [-0.2, -0.15) is 4.98 Å². The zero-order valence-corrected chi connectivity index (χ0v) is 16.9. The lowest BCUT2D eigenvalue weighted by Crippen LogP contribution is -2.59. The number of rotatable bonds is 5. The number of nitrogens with one attached hydrogen (secondary N) is 3. The Morgan fingerprint density at radius 2 is 2.00 bits per heavy atom. The molecule has 0 atom stereocenters. The average molecular weight is 401 g/mol. The summed E-state index contributed by atoms with van der Waals surface area (Å²) in [6, 6.07) is 6.28. The number of nitrogens with zero attached hydrogens (tertiary/aromatic N) is 4. The molecule has 152 valence electrons. The van der Waals surface area contributed by atoms with Crippen molar-refractivity contribution in [2.75, 3.05) is 5.32 Å². The summed E-state index contributed by atoms with van der Waals surface area (Å²) < 4.78 is 0. The largest absolute Gasteiger partial charge is 0.351 e. The van der Waals surface area contributed by atoms with Crippen LogP contribution in [0, 0.1) is 0 Å². The van der Waals surface area contributed by atoms with Crippen LogP contribution in [0.5, 0.6) is 0 Å². The van der Waals surface area contributed by atoms with Crippen molar-refractivity contribution in [2.45, 2.75) is 44.7 Å². The van der Waals surface area contributed by atoms with Crippen LogP contribution < -0.4 is 10.6 Å². The molecule has 0 aliphatic heterocycles. The van der Waals surface area contributed by atoms with Crippen LogP contribution in [0.15, 0.2) is 43.0 Å². The zero-order valence-electron chi connectivity index (χ0n) is 16.9. The number of carbonyl (C=O) groups excluding carboxylic acids is 1. The van der Waals surface area contributed by atoms with Gasteiger partial charge in [-0.05, 0) is 37.5 Å². The van der Waals surface area contributed by atoms with Crippen molar-refractivity contribution in [1.82, 2.24) is 30.2 Å². The van der Waals surface area contributed by atoms with Crippen molar-refractivity contribution in [1.29, 1.82) is 0 Å². The molecule has 1 fully saturated rings. The topological polar surface area (TPSA) is 108 Å². The van der Waals surface area contributed by atoms with Crippen LogP contribution in [0.3, 0.4) is 0 Å². The van der Waals surface area contributed by atoms with E-state index in [0.717, 1.165) is 46.0 Å². The third-order valence-corrected chi connectivity index (χ3v) is 5.70. The minimum Gasteiger partial charge on any atom is -0.351 e. The van der Waals surface area contributed by atoms with Gasteiger partial charge in [-0.1, -0.05) is 13.0 Å². The first-order valence-corrected chi connectivity index (χ1v) is 10.2. The highest BCUT2D eigenvalue weighted by Crippen LogP contribution is 2.34. The van der Waals surface area contributed by atoms with E-state index in [9.17, 15) is 4.79 Å². The normalized spacial score (nSPS) is 20.8. The van der Waals surface area contributed by atoms with E-state index in [1.807, 2.05) is 37.5 Å². The van der Waals surface area contributed by atoms with Crippen molar-refractivity contribution in [3.63, 3.8) is 0 Å². The van der Waals surface area contributed by atoms with E-state index in [1.165, 1.54) is 0 Å². The van der Waals surface area contributed by atoms with Gasteiger partial charge in [0.15, 0.2) is 0 Å². The summed E-state index contributed by atoms with van der Waals surface area (Å²) in [4.78, 5) is 32.8. The number of carbonyl (C=O) groups is 1. The van der Waals surface area contributed by atoms with Gasteiger partial charge < -0.3 is 15.6 Å². The van der Waals surface area contributed by atoms with E-state index in [1.54, 1.807) is 12.4 Å². The first kappa shape index (κ1) is 18.5.